The quantitative estimate of drug-likeness (QED) is 0.385. The first-order valence-electron chi connectivity index (χ1n) is 6.22. The molecule has 3 unspecified atom stereocenters. The topological polar surface area (TPSA) is 129 Å². The minimum absolute atomic E-state index is 0.00644. The Bertz CT molecular complexity index is 321. The van der Waals surface area contributed by atoms with E-state index in [1.165, 1.54) is 0 Å². The Morgan fingerprint density at radius 2 is 1.61 bits per heavy atom. The molecule has 0 bridgehead atoms. The molecule has 0 aliphatic rings. The maximum absolute atomic E-state index is 6.37. The molecule has 0 rings (SSSR count). The van der Waals surface area contributed by atoms with Crippen molar-refractivity contribution in [1.82, 2.24) is 0 Å². The van der Waals surface area contributed by atoms with Crippen LogP contribution in [0.5, 0.6) is 0 Å². The fraction of sp³-hybridized carbons (Fsp3) is 0.833. The summed E-state index contributed by atoms with van der Waals surface area (Å²) in [5.41, 5.74) is 21.4. The first-order chi connectivity index (χ1) is 8.06. The zero-order chi connectivity index (χ0) is 14.6. The number of nitrogens with zero attached hydrogens (tertiary/aromatic N) is 2. The fourth-order valence-electron chi connectivity index (χ4n) is 1.92. The van der Waals surface area contributed by atoms with Gasteiger partial charge in [0.25, 0.3) is 0 Å². The van der Waals surface area contributed by atoms with Crippen LogP contribution in [-0.4, -0.2) is 29.4 Å². The summed E-state index contributed by atoms with van der Waals surface area (Å²) in [6, 6.07) is 0. The van der Waals surface area contributed by atoms with E-state index in [4.69, 9.17) is 22.9 Å². The zero-order valence-electron chi connectivity index (χ0n) is 12.0. The van der Waals surface area contributed by atoms with Crippen LogP contribution in [0, 0.1) is 0 Å². The summed E-state index contributed by atoms with van der Waals surface area (Å²) in [5.74, 6) is -0.00644. The van der Waals surface area contributed by atoms with Crippen molar-refractivity contribution in [2.75, 3.05) is 0 Å². The van der Waals surface area contributed by atoms with Crippen LogP contribution >= 0.6 is 0 Å². The van der Waals surface area contributed by atoms with Gasteiger partial charge in [-0.3, -0.25) is 4.99 Å². The standard InChI is InChI=1S/C12H28N6/c1-6-10(3,15)8-12(16,17-5)11(4,7-2)18-9(13)14/h5-8,15-16H2,1-4H3,(H4,13,14,18). The van der Waals surface area contributed by atoms with Crippen molar-refractivity contribution in [1.29, 1.82) is 0 Å². The van der Waals surface area contributed by atoms with Gasteiger partial charge in [-0.05, 0) is 33.4 Å². The van der Waals surface area contributed by atoms with Crippen LogP contribution in [0.3, 0.4) is 0 Å². The van der Waals surface area contributed by atoms with Gasteiger partial charge in [0.2, 0.25) is 0 Å². The van der Waals surface area contributed by atoms with E-state index in [-0.39, 0.29) is 5.96 Å². The van der Waals surface area contributed by atoms with Gasteiger partial charge in [-0.25, -0.2) is 4.99 Å². The Labute approximate surface area is 110 Å². The average molecular weight is 256 g/mol. The van der Waals surface area contributed by atoms with E-state index in [0.29, 0.717) is 12.8 Å². The third-order valence-corrected chi connectivity index (χ3v) is 3.76. The smallest absolute Gasteiger partial charge is 0.186 e. The molecule has 0 radical (unpaired) electrons. The maximum atomic E-state index is 6.37. The lowest BCUT2D eigenvalue weighted by molar-refractivity contribution is 0.184. The molecule has 0 fully saturated rings. The fourth-order valence-corrected chi connectivity index (χ4v) is 1.92. The SMILES string of the molecule is C=NC(N)(CC(C)(N)CC)C(C)(CC)N=C(N)N. The summed E-state index contributed by atoms with van der Waals surface area (Å²) in [4.78, 5) is 8.33. The van der Waals surface area contributed by atoms with Crippen LogP contribution < -0.4 is 22.9 Å². The molecule has 6 heteroatoms. The molecule has 3 atom stereocenters. The third kappa shape index (κ3) is 3.68. The van der Waals surface area contributed by atoms with Gasteiger partial charge >= 0.3 is 0 Å². The number of guanidine groups is 1. The Morgan fingerprint density at radius 1 is 1.11 bits per heavy atom. The Balaban J connectivity index is 5.49. The van der Waals surface area contributed by atoms with Crippen molar-refractivity contribution < 1.29 is 0 Å². The van der Waals surface area contributed by atoms with Crippen molar-refractivity contribution in [2.45, 2.75) is 63.7 Å². The molecule has 8 N–H and O–H groups in total. The summed E-state index contributed by atoms with van der Waals surface area (Å²) < 4.78 is 0. The molecular weight excluding hydrogens is 228 g/mol. The van der Waals surface area contributed by atoms with Gasteiger partial charge in [-0.2, -0.15) is 0 Å². The maximum Gasteiger partial charge on any atom is 0.186 e. The van der Waals surface area contributed by atoms with Crippen LogP contribution in [0.15, 0.2) is 9.98 Å². The van der Waals surface area contributed by atoms with E-state index in [1.807, 2.05) is 27.7 Å². The van der Waals surface area contributed by atoms with E-state index in [2.05, 4.69) is 16.7 Å². The van der Waals surface area contributed by atoms with E-state index in [9.17, 15) is 0 Å². The van der Waals surface area contributed by atoms with Crippen LogP contribution in [-0.2, 0) is 0 Å². The molecule has 0 aromatic carbocycles. The number of nitrogens with two attached hydrogens (primary N) is 4. The minimum atomic E-state index is -0.995. The first-order valence-corrected chi connectivity index (χ1v) is 6.22. The molecule has 0 amide bonds. The average Bonchev–Trinajstić information content (AvgIpc) is 2.27. The Morgan fingerprint density at radius 3 is 1.89 bits per heavy atom. The van der Waals surface area contributed by atoms with Crippen LogP contribution in [0.2, 0.25) is 0 Å². The highest BCUT2D eigenvalue weighted by Crippen LogP contribution is 2.35. The summed E-state index contributed by atoms with van der Waals surface area (Å²) in [5, 5.41) is 0. The van der Waals surface area contributed by atoms with Gasteiger partial charge < -0.3 is 22.9 Å². The van der Waals surface area contributed by atoms with Crippen molar-refractivity contribution in [2.24, 2.45) is 32.9 Å². The Hall–Kier alpha value is -1.14. The molecule has 0 aliphatic heterocycles. The molecule has 0 aromatic heterocycles. The van der Waals surface area contributed by atoms with E-state index in [0.717, 1.165) is 6.42 Å². The highest BCUT2D eigenvalue weighted by molar-refractivity contribution is 5.76. The first kappa shape index (κ1) is 16.9. The zero-order valence-corrected chi connectivity index (χ0v) is 12.0. The normalized spacial score (nSPS) is 21.2. The summed E-state index contributed by atoms with van der Waals surface area (Å²) in [6.07, 6.45) is 1.88. The molecule has 18 heavy (non-hydrogen) atoms. The molecule has 0 heterocycles. The van der Waals surface area contributed by atoms with Gasteiger partial charge in [0.05, 0.1) is 5.54 Å². The summed E-state index contributed by atoms with van der Waals surface area (Å²) >= 11 is 0. The van der Waals surface area contributed by atoms with Crippen LogP contribution in [0.25, 0.3) is 0 Å². The van der Waals surface area contributed by atoms with Gasteiger partial charge in [0.1, 0.15) is 5.66 Å². The second kappa shape index (κ2) is 5.67. The molecular formula is C12H28N6. The number of hydrogen-bond acceptors (Lipinski definition) is 4. The molecule has 106 valence electrons. The van der Waals surface area contributed by atoms with Gasteiger partial charge in [0.15, 0.2) is 5.96 Å². The van der Waals surface area contributed by atoms with Gasteiger partial charge in [0, 0.05) is 12.0 Å². The van der Waals surface area contributed by atoms with Crippen molar-refractivity contribution in [3.8, 4) is 0 Å². The van der Waals surface area contributed by atoms with E-state index < -0.39 is 16.7 Å². The Kier molecular flexibility index (Phi) is 5.31. The molecule has 0 aliphatic carbocycles. The molecule has 0 spiro atoms. The van der Waals surface area contributed by atoms with Crippen molar-refractivity contribution in [3.05, 3.63) is 0 Å². The second-order valence-corrected chi connectivity index (χ2v) is 5.43. The van der Waals surface area contributed by atoms with Crippen molar-refractivity contribution >= 4 is 12.7 Å². The van der Waals surface area contributed by atoms with Crippen LogP contribution in [0.4, 0.5) is 0 Å². The number of aliphatic imine (C=N–C) groups is 2. The largest absolute Gasteiger partial charge is 0.370 e. The lowest BCUT2D eigenvalue weighted by Crippen LogP contribution is -2.61. The predicted octanol–water partition coefficient (Wildman–Crippen LogP) is 0.302. The summed E-state index contributed by atoms with van der Waals surface area (Å²) in [7, 11) is 0. The minimum Gasteiger partial charge on any atom is -0.370 e. The number of rotatable bonds is 7. The van der Waals surface area contributed by atoms with Crippen molar-refractivity contribution in [3.63, 3.8) is 0 Å². The second-order valence-electron chi connectivity index (χ2n) is 5.43. The lowest BCUT2D eigenvalue weighted by atomic mass is 9.76. The lowest BCUT2D eigenvalue weighted by Gasteiger charge is -2.43. The van der Waals surface area contributed by atoms with E-state index in [1.54, 1.807) is 0 Å². The highest BCUT2D eigenvalue weighted by Gasteiger charge is 2.46. The van der Waals surface area contributed by atoms with Crippen LogP contribution in [0.1, 0.15) is 47.0 Å². The monoisotopic (exact) mass is 256 g/mol. The summed E-state index contributed by atoms with van der Waals surface area (Å²) in [6.45, 7) is 11.4. The molecule has 0 saturated carbocycles. The van der Waals surface area contributed by atoms with E-state index >= 15 is 0 Å². The number of hydrogen-bond donors (Lipinski definition) is 4. The van der Waals surface area contributed by atoms with Gasteiger partial charge in [-0.1, -0.05) is 13.8 Å². The predicted molar refractivity (Wildman–Crippen MR) is 78.5 cm³/mol. The molecule has 6 nitrogen and oxygen atoms in total. The molecule has 0 saturated heterocycles. The molecule has 0 aromatic rings. The van der Waals surface area contributed by atoms with Gasteiger partial charge in [-0.15, -0.1) is 0 Å². The third-order valence-electron chi connectivity index (χ3n) is 3.76. The highest BCUT2D eigenvalue weighted by atomic mass is 15.2.